The van der Waals surface area contributed by atoms with Gasteiger partial charge in [-0.1, -0.05) is 0 Å². The quantitative estimate of drug-likeness (QED) is 0.773. The van der Waals surface area contributed by atoms with Gasteiger partial charge < -0.3 is 9.47 Å². The first kappa shape index (κ1) is 16.5. The van der Waals surface area contributed by atoms with Crippen LogP contribution < -0.4 is 4.74 Å². The van der Waals surface area contributed by atoms with Crippen molar-refractivity contribution < 1.29 is 9.47 Å². The Morgan fingerprint density at radius 3 is 3.04 bits per heavy atom. The zero-order valence-electron chi connectivity index (χ0n) is 14.8. The summed E-state index contributed by atoms with van der Waals surface area (Å²) >= 11 is 0. The minimum atomic E-state index is 0.0407. The van der Waals surface area contributed by atoms with Gasteiger partial charge in [-0.15, -0.1) is 0 Å². The Morgan fingerprint density at radius 2 is 2.28 bits per heavy atom. The van der Waals surface area contributed by atoms with Crippen LogP contribution in [0.2, 0.25) is 0 Å². The summed E-state index contributed by atoms with van der Waals surface area (Å²) in [5, 5.41) is 4.36. The third-order valence-electron chi connectivity index (χ3n) is 5.37. The summed E-state index contributed by atoms with van der Waals surface area (Å²) in [6.45, 7) is 7.63. The van der Waals surface area contributed by atoms with Crippen molar-refractivity contribution in [2.75, 3.05) is 26.3 Å². The van der Waals surface area contributed by atoms with E-state index in [9.17, 15) is 0 Å². The zero-order valence-corrected chi connectivity index (χ0v) is 14.8. The Kier molecular flexibility index (Phi) is 4.72. The van der Waals surface area contributed by atoms with Crippen molar-refractivity contribution >= 4 is 0 Å². The van der Waals surface area contributed by atoms with Crippen LogP contribution in [0, 0.1) is 5.92 Å². The number of pyridine rings is 1. The first-order valence-electron chi connectivity index (χ1n) is 9.18. The molecule has 134 valence electrons. The van der Waals surface area contributed by atoms with Crippen molar-refractivity contribution in [3.63, 3.8) is 0 Å². The molecule has 0 saturated carbocycles. The molecule has 2 aliphatic rings. The smallest absolute Gasteiger partial charge is 0.137 e. The predicted molar refractivity (Wildman–Crippen MR) is 94.3 cm³/mol. The molecular weight excluding hydrogens is 316 g/mol. The molecule has 2 aromatic rings. The molecule has 2 aromatic heterocycles. The summed E-state index contributed by atoms with van der Waals surface area (Å²) in [6, 6.07) is 3.86. The lowest BCUT2D eigenvalue weighted by atomic mass is 9.79. The standard InChI is InChI=1S/C19H26N4O2/c1-2-23-13-16(10-21-23)12-22-14-19(15-22)17(6-9-25-19)5-8-24-18-4-3-7-20-11-18/h3-4,7,10-11,13,17H,2,5-6,8-9,12,14-15H2,1H3. The van der Waals surface area contributed by atoms with E-state index < -0.39 is 0 Å². The minimum absolute atomic E-state index is 0.0407. The van der Waals surface area contributed by atoms with Gasteiger partial charge in [0.25, 0.3) is 0 Å². The van der Waals surface area contributed by atoms with Crippen molar-refractivity contribution in [3.8, 4) is 5.75 Å². The van der Waals surface area contributed by atoms with Gasteiger partial charge in [0, 0.05) is 50.7 Å². The van der Waals surface area contributed by atoms with E-state index in [0.29, 0.717) is 5.92 Å². The van der Waals surface area contributed by atoms with Crippen LogP contribution in [0.1, 0.15) is 25.3 Å². The second-order valence-corrected chi connectivity index (χ2v) is 7.07. The lowest BCUT2D eigenvalue weighted by Gasteiger charge is -2.50. The highest BCUT2D eigenvalue weighted by atomic mass is 16.5. The molecule has 1 spiro atoms. The van der Waals surface area contributed by atoms with Gasteiger partial charge in [-0.3, -0.25) is 14.6 Å². The molecule has 0 bridgehead atoms. The van der Waals surface area contributed by atoms with E-state index in [2.05, 4.69) is 28.1 Å². The first-order valence-corrected chi connectivity index (χ1v) is 9.18. The summed E-state index contributed by atoms with van der Waals surface area (Å²) < 4.78 is 14.0. The monoisotopic (exact) mass is 342 g/mol. The van der Waals surface area contributed by atoms with E-state index in [1.54, 1.807) is 12.4 Å². The SMILES string of the molecule is CCn1cc(CN2CC3(C2)OCCC3CCOc2cccnc2)cn1. The molecule has 6 heteroatoms. The second-order valence-electron chi connectivity index (χ2n) is 7.07. The molecular formula is C19H26N4O2. The second kappa shape index (κ2) is 7.14. The Hall–Kier alpha value is -1.92. The fourth-order valence-electron chi connectivity index (χ4n) is 4.04. The van der Waals surface area contributed by atoms with Gasteiger partial charge in [0.05, 0.1) is 24.6 Å². The molecule has 6 nitrogen and oxygen atoms in total. The summed E-state index contributed by atoms with van der Waals surface area (Å²) in [5.74, 6) is 1.43. The number of aryl methyl sites for hydroxylation is 1. The molecule has 0 aromatic carbocycles. The zero-order chi connectivity index (χ0) is 17.1. The molecule has 4 rings (SSSR count). The third-order valence-corrected chi connectivity index (χ3v) is 5.37. The lowest BCUT2D eigenvalue weighted by Crippen LogP contribution is -2.64. The molecule has 2 fully saturated rings. The van der Waals surface area contributed by atoms with Crippen LogP contribution in [0.5, 0.6) is 5.75 Å². The Balaban J connectivity index is 1.26. The number of aromatic nitrogens is 3. The minimum Gasteiger partial charge on any atom is -0.492 e. The highest BCUT2D eigenvalue weighted by Gasteiger charge is 2.52. The number of ether oxygens (including phenoxy) is 2. The highest BCUT2D eigenvalue weighted by molar-refractivity contribution is 5.15. The van der Waals surface area contributed by atoms with E-state index >= 15 is 0 Å². The van der Waals surface area contributed by atoms with Crippen LogP contribution in [0.15, 0.2) is 36.9 Å². The molecule has 0 radical (unpaired) electrons. The predicted octanol–water partition coefficient (Wildman–Crippen LogP) is 2.36. The van der Waals surface area contributed by atoms with Gasteiger partial charge in [-0.25, -0.2) is 0 Å². The number of hydrogen-bond donors (Lipinski definition) is 0. The molecule has 0 aliphatic carbocycles. The van der Waals surface area contributed by atoms with Gasteiger partial charge in [-0.2, -0.15) is 5.10 Å². The van der Waals surface area contributed by atoms with Crippen LogP contribution in [0.25, 0.3) is 0 Å². The maximum absolute atomic E-state index is 6.16. The van der Waals surface area contributed by atoms with E-state index in [1.165, 1.54) is 5.56 Å². The number of rotatable bonds is 7. The van der Waals surface area contributed by atoms with Crippen molar-refractivity contribution in [2.24, 2.45) is 5.92 Å². The van der Waals surface area contributed by atoms with Gasteiger partial charge in [0.15, 0.2) is 0 Å². The molecule has 0 N–H and O–H groups in total. The van der Waals surface area contributed by atoms with E-state index in [0.717, 1.165) is 58.0 Å². The Bertz CT molecular complexity index is 682. The van der Waals surface area contributed by atoms with E-state index in [1.807, 2.05) is 23.0 Å². The fourth-order valence-corrected chi connectivity index (χ4v) is 4.04. The molecule has 2 aliphatic heterocycles. The maximum Gasteiger partial charge on any atom is 0.137 e. The van der Waals surface area contributed by atoms with Crippen LogP contribution in [0.4, 0.5) is 0 Å². The van der Waals surface area contributed by atoms with Gasteiger partial charge in [0.1, 0.15) is 5.75 Å². The average Bonchev–Trinajstić information content (AvgIpc) is 3.23. The molecule has 25 heavy (non-hydrogen) atoms. The molecule has 2 saturated heterocycles. The van der Waals surface area contributed by atoms with Crippen molar-refractivity contribution in [1.29, 1.82) is 0 Å². The van der Waals surface area contributed by atoms with Crippen LogP contribution in [-0.4, -0.2) is 51.6 Å². The van der Waals surface area contributed by atoms with Gasteiger partial charge >= 0.3 is 0 Å². The van der Waals surface area contributed by atoms with Crippen LogP contribution >= 0.6 is 0 Å². The lowest BCUT2D eigenvalue weighted by molar-refractivity contribution is -0.138. The molecule has 4 heterocycles. The van der Waals surface area contributed by atoms with Crippen molar-refractivity contribution in [3.05, 3.63) is 42.5 Å². The van der Waals surface area contributed by atoms with Crippen LogP contribution in [0.3, 0.4) is 0 Å². The summed E-state index contributed by atoms with van der Waals surface area (Å²) in [5.41, 5.74) is 1.32. The maximum atomic E-state index is 6.16. The Labute approximate surface area is 148 Å². The van der Waals surface area contributed by atoms with E-state index in [4.69, 9.17) is 9.47 Å². The fraction of sp³-hybridized carbons (Fsp3) is 0.579. The van der Waals surface area contributed by atoms with Gasteiger partial charge in [0.2, 0.25) is 0 Å². The number of likely N-dealkylation sites (tertiary alicyclic amines) is 1. The van der Waals surface area contributed by atoms with Gasteiger partial charge in [-0.05, 0) is 37.8 Å². The average molecular weight is 342 g/mol. The molecule has 1 unspecified atom stereocenters. The summed E-state index contributed by atoms with van der Waals surface area (Å²) in [4.78, 5) is 6.54. The molecule has 1 atom stereocenters. The third kappa shape index (κ3) is 3.55. The topological polar surface area (TPSA) is 52.4 Å². The van der Waals surface area contributed by atoms with Crippen molar-refractivity contribution in [1.82, 2.24) is 19.7 Å². The largest absolute Gasteiger partial charge is 0.492 e. The highest BCUT2D eigenvalue weighted by Crippen LogP contribution is 2.42. The Morgan fingerprint density at radius 1 is 1.36 bits per heavy atom. The first-order chi connectivity index (χ1) is 12.3. The number of hydrogen-bond acceptors (Lipinski definition) is 5. The van der Waals surface area contributed by atoms with Crippen LogP contribution in [-0.2, 0) is 17.8 Å². The normalized spacial score (nSPS) is 22.2. The summed E-state index contributed by atoms with van der Waals surface area (Å²) in [7, 11) is 0. The summed E-state index contributed by atoms with van der Waals surface area (Å²) in [6.07, 6.45) is 9.82. The van der Waals surface area contributed by atoms with E-state index in [-0.39, 0.29) is 5.60 Å². The molecule has 0 amide bonds. The number of nitrogens with zero attached hydrogens (tertiary/aromatic N) is 4. The van der Waals surface area contributed by atoms with Crippen molar-refractivity contribution in [2.45, 2.75) is 38.5 Å².